The van der Waals surface area contributed by atoms with Crippen molar-refractivity contribution in [3.63, 3.8) is 0 Å². The minimum absolute atomic E-state index is 0.329. The van der Waals surface area contributed by atoms with Crippen molar-refractivity contribution in [3.05, 3.63) is 53.1 Å². The van der Waals surface area contributed by atoms with Crippen molar-refractivity contribution < 1.29 is 9.53 Å². The number of para-hydroxylation sites is 2. The number of carbonyl (C=O) groups is 1. The Morgan fingerprint density at radius 2 is 2.05 bits per heavy atom. The van der Waals surface area contributed by atoms with Crippen LogP contribution in [0.3, 0.4) is 0 Å². The van der Waals surface area contributed by atoms with E-state index in [2.05, 4.69) is 5.43 Å². The van der Waals surface area contributed by atoms with Crippen molar-refractivity contribution >= 4 is 23.3 Å². The molecule has 3 N–H and O–H groups in total. The third-order valence-electron chi connectivity index (χ3n) is 3.10. The number of hydrogen-bond donors (Lipinski definition) is 2. The number of nitrogens with two attached hydrogens (primary N) is 1. The predicted molar refractivity (Wildman–Crippen MR) is 76.9 cm³/mol. The number of hydrazine groups is 1. The van der Waals surface area contributed by atoms with Gasteiger partial charge in [0.2, 0.25) is 0 Å². The average Bonchev–Trinajstić information content (AvgIpc) is 2.63. The molecule has 0 atom stereocenters. The first-order chi connectivity index (χ1) is 9.69. The molecular weight excluding hydrogens is 278 g/mol. The highest BCUT2D eigenvalue weighted by molar-refractivity contribution is 6.30. The first-order valence-electron chi connectivity index (χ1n) is 6.02. The largest absolute Gasteiger partial charge is 0.455 e. The minimum atomic E-state index is -0.408. The normalized spacial score (nSPS) is 12.8. The zero-order chi connectivity index (χ0) is 14.1. The van der Waals surface area contributed by atoms with Crippen LogP contribution < -0.4 is 20.9 Å². The van der Waals surface area contributed by atoms with E-state index in [4.69, 9.17) is 22.2 Å². The summed E-state index contributed by atoms with van der Waals surface area (Å²) in [5.41, 5.74) is 3.62. The Morgan fingerprint density at radius 1 is 1.25 bits per heavy atom. The minimum Gasteiger partial charge on any atom is -0.455 e. The fourth-order valence-corrected chi connectivity index (χ4v) is 2.37. The molecule has 2 aromatic carbocycles. The number of nitrogens with one attached hydrogen (secondary N) is 1. The zero-order valence-corrected chi connectivity index (χ0v) is 11.2. The van der Waals surface area contributed by atoms with Crippen LogP contribution in [-0.4, -0.2) is 6.03 Å². The Labute approximate surface area is 120 Å². The molecule has 0 radical (unpaired) electrons. The van der Waals surface area contributed by atoms with Gasteiger partial charge < -0.3 is 4.74 Å². The first-order valence-corrected chi connectivity index (χ1v) is 6.40. The van der Waals surface area contributed by atoms with Gasteiger partial charge in [0.15, 0.2) is 5.75 Å². The molecule has 0 aliphatic carbocycles. The van der Waals surface area contributed by atoms with E-state index in [1.807, 2.05) is 12.1 Å². The van der Waals surface area contributed by atoms with Crippen LogP contribution in [0.2, 0.25) is 5.02 Å². The molecule has 0 fully saturated rings. The number of benzene rings is 2. The number of fused-ring (bicyclic) bond motifs is 2. The fourth-order valence-electron chi connectivity index (χ4n) is 2.17. The highest BCUT2D eigenvalue weighted by Crippen LogP contribution is 2.39. The van der Waals surface area contributed by atoms with Crippen LogP contribution >= 0.6 is 11.6 Å². The number of rotatable bonds is 0. The van der Waals surface area contributed by atoms with Gasteiger partial charge in [0.05, 0.1) is 12.2 Å². The Hall–Kier alpha value is -2.24. The molecule has 102 valence electrons. The van der Waals surface area contributed by atoms with Crippen molar-refractivity contribution in [1.82, 2.24) is 5.43 Å². The molecule has 2 amide bonds. The summed E-state index contributed by atoms with van der Waals surface area (Å²) < 4.78 is 5.86. The Balaban J connectivity index is 2.14. The second-order valence-corrected chi connectivity index (χ2v) is 4.79. The highest BCUT2D eigenvalue weighted by Gasteiger charge is 2.24. The average molecular weight is 290 g/mol. The van der Waals surface area contributed by atoms with Crippen molar-refractivity contribution in [1.29, 1.82) is 0 Å². The molecule has 0 unspecified atom stereocenters. The zero-order valence-electron chi connectivity index (χ0n) is 10.5. The number of ether oxygens (including phenoxy) is 1. The summed E-state index contributed by atoms with van der Waals surface area (Å²) >= 11 is 6.00. The highest BCUT2D eigenvalue weighted by atomic mass is 35.5. The fraction of sp³-hybridized carbons (Fsp3) is 0.0714. The van der Waals surface area contributed by atoms with Crippen molar-refractivity contribution in [3.8, 4) is 11.5 Å². The molecule has 1 heterocycles. The van der Waals surface area contributed by atoms with E-state index in [9.17, 15) is 4.79 Å². The maximum absolute atomic E-state index is 12.0. The summed E-state index contributed by atoms with van der Waals surface area (Å²) in [6.07, 6.45) is 0. The summed E-state index contributed by atoms with van der Waals surface area (Å²) in [4.78, 5) is 13.5. The second-order valence-electron chi connectivity index (χ2n) is 4.36. The Morgan fingerprint density at radius 3 is 2.85 bits per heavy atom. The lowest BCUT2D eigenvalue weighted by Gasteiger charge is -2.20. The number of urea groups is 1. The lowest BCUT2D eigenvalue weighted by Crippen LogP contribution is -2.43. The van der Waals surface area contributed by atoms with E-state index in [-0.39, 0.29) is 0 Å². The summed E-state index contributed by atoms with van der Waals surface area (Å²) in [7, 11) is 0. The first kappa shape index (κ1) is 12.8. The van der Waals surface area contributed by atoms with Crippen LogP contribution in [0.15, 0.2) is 42.5 Å². The van der Waals surface area contributed by atoms with Crippen LogP contribution in [0.4, 0.5) is 10.5 Å². The van der Waals surface area contributed by atoms with E-state index in [1.165, 1.54) is 4.90 Å². The van der Waals surface area contributed by atoms with Gasteiger partial charge in [-0.05, 0) is 30.3 Å². The smallest absolute Gasteiger partial charge is 0.336 e. The lowest BCUT2D eigenvalue weighted by molar-refractivity contribution is 0.246. The van der Waals surface area contributed by atoms with E-state index in [1.54, 1.807) is 30.3 Å². The van der Waals surface area contributed by atoms with Gasteiger partial charge in [-0.2, -0.15) is 0 Å². The molecule has 20 heavy (non-hydrogen) atoms. The van der Waals surface area contributed by atoms with E-state index in [0.717, 1.165) is 5.56 Å². The van der Waals surface area contributed by atoms with Crippen LogP contribution in [-0.2, 0) is 6.54 Å². The third kappa shape index (κ3) is 2.17. The van der Waals surface area contributed by atoms with E-state index in [0.29, 0.717) is 28.8 Å². The van der Waals surface area contributed by atoms with Crippen molar-refractivity contribution in [2.75, 3.05) is 4.90 Å². The van der Waals surface area contributed by atoms with Gasteiger partial charge in [0.1, 0.15) is 5.75 Å². The Bertz CT molecular complexity index is 675. The van der Waals surface area contributed by atoms with Gasteiger partial charge in [-0.25, -0.2) is 10.6 Å². The molecule has 1 aliphatic heterocycles. The van der Waals surface area contributed by atoms with Crippen molar-refractivity contribution in [2.45, 2.75) is 6.54 Å². The molecule has 5 nitrogen and oxygen atoms in total. The molecule has 0 spiro atoms. The number of hydrogen-bond acceptors (Lipinski definition) is 3. The molecule has 2 aromatic rings. The van der Waals surface area contributed by atoms with Crippen molar-refractivity contribution in [2.24, 2.45) is 5.84 Å². The molecule has 0 saturated heterocycles. The monoisotopic (exact) mass is 289 g/mol. The van der Waals surface area contributed by atoms with Crippen LogP contribution in [0.1, 0.15) is 5.56 Å². The summed E-state index contributed by atoms with van der Waals surface area (Å²) in [6.45, 7) is 0.329. The van der Waals surface area contributed by atoms with Crippen LogP contribution in [0, 0.1) is 0 Å². The quantitative estimate of drug-likeness (QED) is 0.445. The SMILES string of the molecule is NNC(=O)N1Cc2cc(Cl)ccc2Oc2ccccc21. The molecule has 6 heteroatoms. The number of halogens is 1. The van der Waals surface area contributed by atoms with E-state index >= 15 is 0 Å². The van der Waals surface area contributed by atoms with Gasteiger partial charge in [-0.3, -0.25) is 10.3 Å². The topological polar surface area (TPSA) is 67.6 Å². The van der Waals surface area contributed by atoms with Gasteiger partial charge in [-0.15, -0.1) is 0 Å². The maximum atomic E-state index is 12.0. The van der Waals surface area contributed by atoms with Gasteiger partial charge in [-0.1, -0.05) is 23.7 Å². The van der Waals surface area contributed by atoms with Gasteiger partial charge in [0, 0.05) is 10.6 Å². The number of nitrogens with zero attached hydrogens (tertiary/aromatic N) is 1. The van der Waals surface area contributed by atoms with Gasteiger partial charge in [0.25, 0.3) is 0 Å². The molecule has 0 saturated carbocycles. The summed E-state index contributed by atoms with van der Waals surface area (Å²) in [5, 5.41) is 0.589. The second kappa shape index (κ2) is 5.03. The standard InChI is InChI=1S/C14H12ClN3O2/c15-10-5-6-12-9(7-10)8-18(14(19)17-16)11-3-1-2-4-13(11)20-12/h1-7H,8,16H2,(H,17,19). The molecule has 0 bridgehead atoms. The summed E-state index contributed by atoms with van der Waals surface area (Å²) in [5.74, 6) is 6.52. The third-order valence-corrected chi connectivity index (χ3v) is 3.33. The molecule has 0 aromatic heterocycles. The number of anilines is 1. The lowest BCUT2D eigenvalue weighted by atomic mass is 10.2. The molecule has 1 aliphatic rings. The van der Waals surface area contributed by atoms with Crippen LogP contribution in [0.25, 0.3) is 0 Å². The number of amides is 2. The van der Waals surface area contributed by atoms with Crippen LogP contribution in [0.5, 0.6) is 11.5 Å². The molecule has 3 rings (SSSR count). The van der Waals surface area contributed by atoms with Gasteiger partial charge >= 0.3 is 6.03 Å². The molecular formula is C14H12ClN3O2. The summed E-state index contributed by atoms with van der Waals surface area (Å²) in [6, 6.07) is 12.2. The van der Waals surface area contributed by atoms with E-state index < -0.39 is 6.03 Å². The predicted octanol–water partition coefficient (Wildman–Crippen LogP) is 3.04. The number of carbonyl (C=O) groups excluding carboxylic acids is 1. The maximum Gasteiger partial charge on any atom is 0.336 e. The Kier molecular flexibility index (Phi) is 3.22.